The number of anilines is 2. The van der Waals surface area contributed by atoms with Gasteiger partial charge in [-0.15, -0.1) is 10.2 Å². The zero-order valence-electron chi connectivity index (χ0n) is 13.6. The number of methoxy groups -OCH3 is 1. The summed E-state index contributed by atoms with van der Waals surface area (Å²) < 4.78 is 10.4. The van der Waals surface area contributed by atoms with E-state index in [4.69, 9.17) is 4.74 Å². The number of nitrogens with one attached hydrogen (secondary N) is 1. The van der Waals surface area contributed by atoms with Crippen LogP contribution in [0, 0.1) is 0 Å². The molecular formula is C17H17N3O4. The molecule has 7 heteroatoms. The molecule has 0 spiro atoms. The van der Waals surface area contributed by atoms with Crippen molar-refractivity contribution in [3.8, 4) is 5.75 Å². The SMILES string of the molecule is COC(=O)c1ccc(Nc2ccc3c(c2)C(=O)CC(C)(C)O3)nn1. The van der Waals surface area contributed by atoms with Gasteiger partial charge in [-0.25, -0.2) is 4.79 Å². The van der Waals surface area contributed by atoms with Crippen molar-refractivity contribution in [2.24, 2.45) is 0 Å². The second kappa shape index (κ2) is 5.92. The highest BCUT2D eigenvalue weighted by Crippen LogP contribution is 2.34. The maximum atomic E-state index is 12.3. The van der Waals surface area contributed by atoms with E-state index in [0.29, 0.717) is 29.2 Å². The van der Waals surface area contributed by atoms with Crippen LogP contribution in [0.4, 0.5) is 11.5 Å². The largest absolute Gasteiger partial charge is 0.487 e. The molecule has 3 rings (SSSR count). The molecule has 1 N–H and O–H groups in total. The molecule has 0 saturated heterocycles. The van der Waals surface area contributed by atoms with Crippen molar-refractivity contribution in [2.45, 2.75) is 25.9 Å². The molecule has 0 atom stereocenters. The Bertz CT molecular complexity index is 800. The monoisotopic (exact) mass is 327 g/mol. The predicted molar refractivity (Wildman–Crippen MR) is 86.8 cm³/mol. The van der Waals surface area contributed by atoms with E-state index >= 15 is 0 Å². The van der Waals surface area contributed by atoms with Crippen LogP contribution >= 0.6 is 0 Å². The van der Waals surface area contributed by atoms with Gasteiger partial charge in [0.05, 0.1) is 19.1 Å². The first-order valence-corrected chi connectivity index (χ1v) is 7.43. The van der Waals surface area contributed by atoms with Crippen LogP contribution in [-0.4, -0.2) is 34.7 Å². The Morgan fingerprint density at radius 1 is 1.25 bits per heavy atom. The maximum absolute atomic E-state index is 12.3. The number of ketones is 1. The maximum Gasteiger partial charge on any atom is 0.358 e. The number of ether oxygens (including phenoxy) is 2. The van der Waals surface area contributed by atoms with Gasteiger partial charge in [-0.1, -0.05) is 0 Å². The highest BCUT2D eigenvalue weighted by atomic mass is 16.5. The van der Waals surface area contributed by atoms with Crippen LogP contribution in [0.1, 0.15) is 41.1 Å². The first-order valence-electron chi connectivity index (χ1n) is 7.43. The van der Waals surface area contributed by atoms with Crippen LogP contribution in [0.3, 0.4) is 0 Å². The fourth-order valence-electron chi connectivity index (χ4n) is 2.49. The van der Waals surface area contributed by atoms with E-state index in [1.165, 1.54) is 13.2 Å². The fraction of sp³-hybridized carbons (Fsp3) is 0.294. The third-order valence-electron chi connectivity index (χ3n) is 3.58. The lowest BCUT2D eigenvalue weighted by Gasteiger charge is -2.31. The Balaban J connectivity index is 1.81. The van der Waals surface area contributed by atoms with Gasteiger partial charge in [-0.05, 0) is 44.2 Å². The van der Waals surface area contributed by atoms with Gasteiger partial charge < -0.3 is 14.8 Å². The second-order valence-corrected chi connectivity index (χ2v) is 6.09. The molecule has 0 fully saturated rings. The molecule has 0 bridgehead atoms. The third kappa shape index (κ3) is 3.19. The molecule has 1 aromatic heterocycles. The van der Waals surface area contributed by atoms with E-state index in [0.717, 1.165) is 0 Å². The van der Waals surface area contributed by atoms with Crippen molar-refractivity contribution in [2.75, 3.05) is 12.4 Å². The molecule has 0 saturated carbocycles. The van der Waals surface area contributed by atoms with E-state index in [1.807, 2.05) is 13.8 Å². The average molecular weight is 327 g/mol. The Hall–Kier alpha value is -2.96. The van der Waals surface area contributed by atoms with Crippen LogP contribution < -0.4 is 10.1 Å². The summed E-state index contributed by atoms with van der Waals surface area (Å²) >= 11 is 0. The average Bonchev–Trinajstić information content (AvgIpc) is 2.54. The van der Waals surface area contributed by atoms with Gasteiger partial charge in [0, 0.05) is 5.69 Å². The van der Waals surface area contributed by atoms with Crippen molar-refractivity contribution >= 4 is 23.3 Å². The molecule has 7 nitrogen and oxygen atoms in total. The molecular weight excluding hydrogens is 310 g/mol. The predicted octanol–water partition coefficient (Wildman–Crippen LogP) is 2.75. The Labute approximate surface area is 139 Å². The Morgan fingerprint density at radius 3 is 2.71 bits per heavy atom. The number of nitrogens with zero attached hydrogens (tertiary/aromatic N) is 2. The number of rotatable bonds is 3. The van der Waals surface area contributed by atoms with Gasteiger partial charge in [-0.3, -0.25) is 4.79 Å². The van der Waals surface area contributed by atoms with E-state index in [1.54, 1.807) is 24.3 Å². The van der Waals surface area contributed by atoms with E-state index in [-0.39, 0.29) is 11.5 Å². The van der Waals surface area contributed by atoms with Crippen LogP contribution in [-0.2, 0) is 4.74 Å². The summed E-state index contributed by atoms with van der Waals surface area (Å²) in [5.41, 5.74) is 0.858. The highest BCUT2D eigenvalue weighted by Gasteiger charge is 2.32. The van der Waals surface area contributed by atoms with Crippen molar-refractivity contribution < 1.29 is 19.1 Å². The quantitative estimate of drug-likeness (QED) is 0.867. The number of hydrogen-bond acceptors (Lipinski definition) is 7. The van der Waals surface area contributed by atoms with Crippen molar-refractivity contribution in [1.82, 2.24) is 10.2 Å². The molecule has 0 aliphatic carbocycles. The van der Waals surface area contributed by atoms with Crippen LogP contribution in [0.15, 0.2) is 30.3 Å². The zero-order chi connectivity index (χ0) is 17.3. The van der Waals surface area contributed by atoms with Gasteiger partial charge in [0.2, 0.25) is 0 Å². The number of aromatic nitrogens is 2. The molecule has 2 heterocycles. The topological polar surface area (TPSA) is 90.4 Å². The Kier molecular flexibility index (Phi) is 3.92. The molecule has 124 valence electrons. The number of Topliss-reactive ketones (excluding diaryl/α,β-unsaturated/α-hetero) is 1. The molecule has 0 radical (unpaired) electrons. The number of esters is 1. The lowest BCUT2D eigenvalue weighted by Crippen LogP contribution is -2.35. The van der Waals surface area contributed by atoms with Crippen LogP contribution in [0.5, 0.6) is 5.75 Å². The van der Waals surface area contributed by atoms with E-state index < -0.39 is 11.6 Å². The summed E-state index contributed by atoms with van der Waals surface area (Å²) in [6.07, 6.45) is 0.330. The zero-order valence-corrected chi connectivity index (χ0v) is 13.6. The number of fused-ring (bicyclic) bond motifs is 1. The minimum Gasteiger partial charge on any atom is -0.487 e. The summed E-state index contributed by atoms with van der Waals surface area (Å²) in [7, 11) is 1.28. The lowest BCUT2D eigenvalue weighted by atomic mass is 9.93. The van der Waals surface area contributed by atoms with Gasteiger partial charge in [0.1, 0.15) is 11.4 Å². The van der Waals surface area contributed by atoms with Gasteiger partial charge in [0.25, 0.3) is 0 Å². The molecule has 24 heavy (non-hydrogen) atoms. The molecule has 1 aromatic carbocycles. The van der Waals surface area contributed by atoms with Gasteiger partial charge in [0.15, 0.2) is 17.3 Å². The summed E-state index contributed by atoms with van der Waals surface area (Å²) in [4.78, 5) is 23.6. The highest BCUT2D eigenvalue weighted by molar-refractivity contribution is 6.01. The molecule has 1 aliphatic heterocycles. The summed E-state index contributed by atoms with van der Waals surface area (Å²) in [5.74, 6) is 0.520. The number of carbonyl (C=O) groups excluding carboxylic acids is 2. The summed E-state index contributed by atoms with van der Waals surface area (Å²) in [6, 6.07) is 8.40. The molecule has 0 amide bonds. The van der Waals surface area contributed by atoms with Gasteiger partial charge >= 0.3 is 5.97 Å². The van der Waals surface area contributed by atoms with E-state index in [9.17, 15) is 9.59 Å². The standard InChI is InChI=1S/C17H17N3O4/c1-17(2)9-13(21)11-8-10(4-6-14(11)24-17)18-15-7-5-12(19-20-15)16(22)23-3/h4-8H,9H2,1-3H3,(H,18,20). The Morgan fingerprint density at radius 2 is 2.04 bits per heavy atom. The van der Waals surface area contributed by atoms with Crippen molar-refractivity contribution in [1.29, 1.82) is 0 Å². The molecule has 0 unspecified atom stereocenters. The lowest BCUT2D eigenvalue weighted by molar-refractivity contribution is 0.0589. The number of benzene rings is 1. The van der Waals surface area contributed by atoms with Gasteiger partial charge in [-0.2, -0.15) is 0 Å². The first-order chi connectivity index (χ1) is 11.4. The summed E-state index contributed by atoms with van der Waals surface area (Å²) in [6.45, 7) is 3.77. The van der Waals surface area contributed by atoms with E-state index in [2.05, 4.69) is 20.3 Å². The minimum absolute atomic E-state index is 0.0389. The minimum atomic E-state index is -0.548. The van der Waals surface area contributed by atoms with Crippen molar-refractivity contribution in [3.63, 3.8) is 0 Å². The fourth-order valence-corrected chi connectivity index (χ4v) is 2.49. The number of hydrogen-bond donors (Lipinski definition) is 1. The molecule has 1 aliphatic rings. The third-order valence-corrected chi connectivity index (χ3v) is 3.58. The first kappa shape index (κ1) is 15.9. The number of carbonyl (C=O) groups is 2. The normalized spacial score (nSPS) is 15.2. The van der Waals surface area contributed by atoms with Crippen LogP contribution in [0.2, 0.25) is 0 Å². The smallest absolute Gasteiger partial charge is 0.358 e. The molecule has 2 aromatic rings. The summed E-state index contributed by atoms with van der Waals surface area (Å²) in [5, 5.41) is 10.8. The second-order valence-electron chi connectivity index (χ2n) is 6.09. The van der Waals surface area contributed by atoms with Crippen molar-refractivity contribution in [3.05, 3.63) is 41.6 Å². The van der Waals surface area contributed by atoms with Crippen LogP contribution in [0.25, 0.3) is 0 Å².